The summed E-state index contributed by atoms with van der Waals surface area (Å²) >= 11 is 0. The summed E-state index contributed by atoms with van der Waals surface area (Å²) < 4.78 is 15.9. The van der Waals surface area contributed by atoms with Crippen LogP contribution >= 0.6 is 0 Å². The molecule has 0 N–H and O–H groups in total. The van der Waals surface area contributed by atoms with Crippen LogP contribution in [-0.2, 0) is 16.1 Å². The highest BCUT2D eigenvalue weighted by Crippen LogP contribution is 2.25. The van der Waals surface area contributed by atoms with Crippen molar-refractivity contribution in [3.63, 3.8) is 0 Å². The van der Waals surface area contributed by atoms with Gasteiger partial charge in [-0.05, 0) is 34.5 Å². The van der Waals surface area contributed by atoms with Crippen LogP contribution in [0.15, 0.2) is 66.7 Å². The molecule has 0 aliphatic heterocycles. The number of esters is 1. The smallest absolute Gasteiger partial charge is 0.331 e. The summed E-state index contributed by atoms with van der Waals surface area (Å²) in [5.74, 6) is 0.913. The topological polar surface area (TPSA) is 44.8 Å². The van der Waals surface area contributed by atoms with Gasteiger partial charge < -0.3 is 14.2 Å². The van der Waals surface area contributed by atoms with E-state index in [9.17, 15) is 4.79 Å². The van der Waals surface area contributed by atoms with Crippen molar-refractivity contribution < 1.29 is 19.0 Å². The fourth-order valence-electron chi connectivity index (χ4n) is 2.73. The number of hydrogen-bond acceptors (Lipinski definition) is 4. The minimum Gasteiger partial charge on any atom is -0.497 e. The SMILES string of the molecule is COc1ccc(C=CC(=O)OCc2cccc3ccccc23)c(OC)c1. The average Bonchev–Trinajstić information content (AvgIpc) is 2.70. The van der Waals surface area contributed by atoms with Gasteiger partial charge in [0.05, 0.1) is 14.2 Å². The quantitative estimate of drug-likeness (QED) is 0.482. The molecular formula is C22H20O4. The van der Waals surface area contributed by atoms with Gasteiger partial charge in [0, 0.05) is 17.7 Å². The van der Waals surface area contributed by atoms with Crippen molar-refractivity contribution in [1.82, 2.24) is 0 Å². The first-order valence-electron chi connectivity index (χ1n) is 8.25. The molecule has 0 saturated heterocycles. The highest BCUT2D eigenvalue weighted by atomic mass is 16.5. The second-order valence-electron chi connectivity index (χ2n) is 5.69. The molecule has 0 aliphatic rings. The van der Waals surface area contributed by atoms with Crippen molar-refractivity contribution in [1.29, 1.82) is 0 Å². The Morgan fingerprint density at radius 1 is 0.962 bits per heavy atom. The first-order chi connectivity index (χ1) is 12.7. The van der Waals surface area contributed by atoms with Gasteiger partial charge in [-0.15, -0.1) is 0 Å². The molecule has 0 heterocycles. The van der Waals surface area contributed by atoms with Crippen molar-refractivity contribution in [3.8, 4) is 11.5 Å². The van der Waals surface area contributed by atoms with E-state index >= 15 is 0 Å². The van der Waals surface area contributed by atoms with E-state index in [0.29, 0.717) is 11.5 Å². The summed E-state index contributed by atoms with van der Waals surface area (Å²) in [7, 11) is 3.17. The molecule has 0 atom stereocenters. The molecule has 3 aromatic carbocycles. The summed E-state index contributed by atoms with van der Waals surface area (Å²) in [5.41, 5.74) is 1.75. The molecule has 0 radical (unpaired) electrons. The van der Waals surface area contributed by atoms with Gasteiger partial charge in [-0.2, -0.15) is 0 Å². The third-order valence-electron chi connectivity index (χ3n) is 4.09. The lowest BCUT2D eigenvalue weighted by molar-refractivity contribution is -0.138. The first kappa shape index (κ1) is 17.5. The van der Waals surface area contributed by atoms with E-state index in [1.54, 1.807) is 26.4 Å². The van der Waals surface area contributed by atoms with Crippen LogP contribution in [0.4, 0.5) is 0 Å². The number of hydrogen-bond donors (Lipinski definition) is 0. The van der Waals surface area contributed by atoms with Crippen LogP contribution in [0.25, 0.3) is 16.8 Å². The number of fused-ring (bicyclic) bond motifs is 1. The third kappa shape index (κ3) is 4.03. The number of methoxy groups -OCH3 is 2. The van der Waals surface area contributed by atoms with Crippen LogP contribution < -0.4 is 9.47 Å². The normalized spacial score (nSPS) is 10.8. The number of carbonyl (C=O) groups is 1. The predicted octanol–water partition coefficient (Wildman–Crippen LogP) is 4.61. The van der Waals surface area contributed by atoms with Crippen molar-refractivity contribution >= 4 is 22.8 Å². The van der Waals surface area contributed by atoms with Crippen LogP contribution in [0, 0.1) is 0 Å². The molecule has 0 unspecified atom stereocenters. The van der Waals surface area contributed by atoms with Gasteiger partial charge in [-0.3, -0.25) is 0 Å². The Morgan fingerprint density at radius 3 is 2.58 bits per heavy atom. The molecular weight excluding hydrogens is 328 g/mol. The molecule has 0 amide bonds. The molecule has 4 heteroatoms. The molecule has 132 valence electrons. The molecule has 26 heavy (non-hydrogen) atoms. The van der Waals surface area contributed by atoms with Crippen LogP contribution in [0.2, 0.25) is 0 Å². The van der Waals surface area contributed by atoms with Gasteiger partial charge in [-0.1, -0.05) is 42.5 Å². The summed E-state index contributed by atoms with van der Waals surface area (Å²) in [6.07, 6.45) is 3.07. The maximum atomic E-state index is 12.1. The van der Waals surface area contributed by atoms with E-state index in [2.05, 4.69) is 0 Å². The monoisotopic (exact) mass is 348 g/mol. The van der Waals surface area contributed by atoms with Gasteiger partial charge >= 0.3 is 5.97 Å². The summed E-state index contributed by atoms with van der Waals surface area (Å²) in [5, 5.41) is 2.21. The van der Waals surface area contributed by atoms with E-state index in [-0.39, 0.29) is 6.61 Å². The number of carbonyl (C=O) groups excluding carboxylic acids is 1. The van der Waals surface area contributed by atoms with Gasteiger partial charge in [0.2, 0.25) is 0 Å². The molecule has 0 fully saturated rings. The minimum atomic E-state index is -0.407. The maximum absolute atomic E-state index is 12.1. The van der Waals surface area contributed by atoms with Crippen molar-refractivity contribution in [3.05, 3.63) is 77.9 Å². The molecule has 0 spiro atoms. The first-order valence-corrected chi connectivity index (χ1v) is 8.25. The third-order valence-corrected chi connectivity index (χ3v) is 4.09. The number of ether oxygens (including phenoxy) is 3. The van der Waals surface area contributed by atoms with E-state index < -0.39 is 5.97 Å². The zero-order valence-electron chi connectivity index (χ0n) is 14.8. The molecule has 3 aromatic rings. The lowest BCUT2D eigenvalue weighted by Crippen LogP contribution is -2.01. The minimum absolute atomic E-state index is 0.226. The zero-order chi connectivity index (χ0) is 18.4. The highest BCUT2D eigenvalue weighted by molar-refractivity contribution is 5.88. The zero-order valence-corrected chi connectivity index (χ0v) is 14.8. The second-order valence-corrected chi connectivity index (χ2v) is 5.69. The Hall–Kier alpha value is -3.27. The van der Waals surface area contributed by atoms with Crippen molar-refractivity contribution in [2.75, 3.05) is 14.2 Å². The fourth-order valence-corrected chi connectivity index (χ4v) is 2.73. The van der Waals surface area contributed by atoms with Crippen LogP contribution in [0.1, 0.15) is 11.1 Å². The Labute approximate surface area is 152 Å². The van der Waals surface area contributed by atoms with Crippen LogP contribution in [-0.4, -0.2) is 20.2 Å². The lowest BCUT2D eigenvalue weighted by atomic mass is 10.1. The Balaban J connectivity index is 1.68. The van der Waals surface area contributed by atoms with Gasteiger partial charge in [-0.25, -0.2) is 4.79 Å². The molecule has 0 aromatic heterocycles. The van der Waals surface area contributed by atoms with E-state index in [4.69, 9.17) is 14.2 Å². The lowest BCUT2D eigenvalue weighted by Gasteiger charge is -2.08. The van der Waals surface area contributed by atoms with Gasteiger partial charge in [0.15, 0.2) is 0 Å². The average molecular weight is 348 g/mol. The molecule has 0 aliphatic carbocycles. The summed E-state index contributed by atoms with van der Waals surface area (Å²) in [6.45, 7) is 0.226. The highest BCUT2D eigenvalue weighted by Gasteiger charge is 2.05. The van der Waals surface area contributed by atoms with E-state index in [0.717, 1.165) is 21.9 Å². The van der Waals surface area contributed by atoms with E-state index in [1.165, 1.54) is 6.08 Å². The van der Waals surface area contributed by atoms with Crippen molar-refractivity contribution in [2.24, 2.45) is 0 Å². The standard InChI is InChI=1S/C22H20O4/c1-24-19-12-10-17(21(14-19)25-2)11-13-22(23)26-15-18-8-5-7-16-6-3-4-9-20(16)18/h3-14H,15H2,1-2H3. The second kappa shape index (κ2) is 8.21. The van der Waals surface area contributed by atoms with E-state index in [1.807, 2.05) is 54.6 Å². The fraction of sp³-hybridized carbons (Fsp3) is 0.136. The van der Waals surface area contributed by atoms with Crippen molar-refractivity contribution in [2.45, 2.75) is 6.61 Å². The molecule has 0 saturated carbocycles. The molecule has 4 nitrogen and oxygen atoms in total. The van der Waals surface area contributed by atoms with Gasteiger partial charge in [0.1, 0.15) is 18.1 Å². The Kier molecular flexibility index (Phi) is 5.54. The number of benzene rings is 3. The van der Waals surface area contributed by atoms with Crippen LogP contribution in [0.5, 0.6) is 11.5 Å². The maximum Gasteiger partial charge on any atom is 0.331 e. The Morgan fingerprint density at radius 2 is 1.77 bits per heavy atom. The number of rotatable bonds is 6. The van der Waals surface area contributed by atoms with Crippen LogP contribution in [0.3, 0.4) is 0 Å². The Bertz CT molecular complexity index is 939. The van der Waals surface area contributed by atoms with Gasteiger partial charge in [0.25, 0.3) is 0 Å². The summed E-state index contributed by atoms with van der Waals surface area (Å²) in [4.78, 5) is 12.1. The predicted molar refractivity (Wildman–Crippen MR) is 102 cm³/mol. The largest absolute Gasteiger partial charge is 0.497 e. The molecule has 3 rings (SSSR count). The summed E-state index contributed by atoms with van der Waals surface area (Å²) in [6, 6.07) is 19.4. The molecule has 0 bridgehead atoms.